The number of nitrogens with one attached hydrogen (secondary N) is 1. The fraction of sp³-hybridized carbons (Fsp3) is 0.900. The number of amides is 1. The van der Waals surface area contributed by atoms with E-state index in [4.69, 9.17) is 28.4 Å². The minimum atomic E-state index is -1.98. The molecule has 3 rings (SSSR count). The van der Waals surface area contributed by atoms with E-state index in [-0.39, 0.29) is 18.9 Å². The molecule has 0 radical (unpaired) electrons. The summed E-state index contributed by atoms with van der Waals surface area (Å²) in [6, 6.07) is -0.971. The summed E-state index contributed by atoms with van der Waals surface area (Å²) in [5.41, 5.74) is 0. The van der Waals surface area contributed by atoms with Gasteiger partial charge in [-0.2, -0.15) is 0 Å². The predicted molar refractivity (Wildman–Crippen MR) is 254 cm³/mol. The molecule has 0 aromatic rings. The monoisotopic (exact) mass is 994 g/mol. The van der Waals surface area contributed by atoms with E-state index < -0.39 is 124 Å². The molecule has 0 aliphatic carbocycles. The molecule has 3 fully saturated rings. The van der Waals surface area contributed by atoms with Crippen LogP contribution in [-0.2, 0) is 33.2 Å². The molecule has 0 aromatic carbocycles. The Bertz CT molecular complexity index is 1380. The molecule has 3 heterocycles. The van der Waals surface area contributed by atoms with Gasteiger partial charge in [-0.3, -0.25) is 4.79 Å². The van der Waals surface area contributed by atoms with Gasteiger partial charge in [0.2, 0.25) is 5.91 Å². The molecule has 19 nitrogen and oxygen atoms in total. The highest BCUT2D eigenvalue weighted by atomic mass is 16.8. The third-order valence-electron chi connectivity index (χ3n) is 13.2. The first kappa shape index (κ1) is 61.6. The number of aliphatic hydroxyl groups excluding tert-OH is 11. The second-order valence-corrected chi connectivity index (χ2v) is 19.0. The topological polar surface area (TPSA) is 307 Å². The molecule has 3 aliphatic rings. The Morgan fingerprint density at radius 2 is 0.913 bits per heavy atom. The van der Waals surface area contributed by atoms with Crippen molar-refractivity contribution in [3.8, 4) is 0 Å². The Morgan fingerprint density at radius 3 is 1.42 bits per heavy atom. The van der Waals surface area contributed by atoms with Crippen molar-refractivity contribution in [2.24, 2.45) is 0 Å². The Kier molecular flexibility index (Phi) is 31.6. The number of allylic oxidation sites excluding steroid dienone is 3. The molecule has 3 aliphatic heterocycles. The number of rotatable bonds is 36. The van der Waals surface area contributed by atoms with E-state index >= 15 is 0 Å². The van der Waals surface area contributed by atoms with Crippen molar-refractivity contribution in [3.05, 3.63) is 24.3 Å². The van der Waals surface area contributed by atoms with E-state index in [1.165, 1.54) is 64.2 Å². The van der Waals surface area contributed by atoms with Crippen molar-refractivity contribution >= 4 is 5.91 Å². The van der Waals surface area contributed by atoms with Crippen molar-refractivity contribution in [3.63, 3.8) is 0 Å². The van der Waals surface area contributed by atoms with Gasteiger partial charge in [0, 0.05) is 6.42 Å². The zero-order valence-corrected chi connectivity index (χ0v) is 41.3. The molecule has 17 unspecified atom stereocenters. The van der Waals surface area contributed by atoms with E-state index in [0.717, 1.165) is 64.2 Å². The van der Waals surface area contributed by atoms with Crippen molar-refractivity contribution in [2.75, 3.05) is 26.4 Å². The first-order chi connectivity index (χ1) is 33.3. The fourth-order valence-corrected chi connectivity index (χ4v) is 8.83. The number of carbonyl (C=O) groups excluding carboxylic acids is 1. The molecule has 0 saturated carbocycles. The van der Waals surface area contributed by atoms with Crippen molar-refractivity contribution in [2.45, 2.75) is 259 Å². The molecule has 12 N–H and O–H groups in total. The summed E-state index contributed by atoms with van der Waals surface area (Å²) < 4.78 is 34.1. The molecule has 69 heavy (non-hydrogen) atoms. The highest BCUT2D eigenvalue weighted by Crippen LogP contribution is 2.33. The van der Waals surface area contributed by atoms with Crippen LogP contribution in [0.25, 0.3) is 0 Å². The summed E-state index contributed by atoms with van der Waals surface area (Å²) in [5, 5.41) is 119. The van der Waals surface area contributed by atoms with Crippen LogP contribution in [0.5, 0.6) is 0 Å². The van der Waals surface area contributed by atoms with Gasteiger partial charge in [0.1, 0.15) is 73.2 Å². The van der Waals surface area contributed by atoms with Crippen LogP contribution in [0, 0.1) is 0 Å². The van der Waals surface area contributed by atoms with E-state index in [9.17, 15) is 61.0 Å². The molecule has 3 saturated heterocycles. The number of hydrogen-bond donors (Lipinski definition) is 12. The lowest BCUT2D eigenvalue weighted by atomic mass is 9.96. The Hall–Kier alpha value is -1.73. The Labute approximate surface area is 409 Å². The van der Waals surface area contributed by atoms with Gasteiger partial charge < -0.3 is 89.9 Å². The molecule has 0 bridgehead atoms. The lowest BCUT2D eigenvalue weighted by molar-refractivity contribution is -0.379. The summed E-state index contributed by atoms with van der Waals surface area (Å²) in [4.78, 5) is 13.2. The average molecular weight is 994 g/mol. The zero-order valence-electron chi connectivity index (χ0n) is 41.3. The summed E-state index contributed by atoms with van der Waals surface area (Å²) >= 11 is 0. The third kappa shape index (κ3) is 21.3. The maximum Gasteiger partial charge on any atom is 0.220 e. The minimum absolute atomic E-state index is 0.234. The van der Waals surface area contributed by atoms with Crippen LogP contribution in [0.4, 0.5) is 0 Å². The lowest BCUT2D eigenvalue weighted by Gasteiger charge is -2.48. The van der Waals surface area contributed by atoms with Gasteiger partial charge in [0.15, 0.2) is 18.9 Å². The van der Waals surface area contributed by atoms with Crippen molar-refractivity contribution < 1.29 is 89.4 Å². The molecule has 1 amide bonds. The highest BCUT2D eigenvalue weighted by molar-refractivity contribution is 5.76. The van der Waals surface area contributed by atoms with Crippen LogP contribution in [0.1, 0.15) is 155 Å². The van der Waals surface area contributed by atoms with E-state index in [1.807, 2.05) is 6.08 Å². The van der Waals surface area contributed by atoms with Crippen LogP contribution in [0.2, 0.25) is 0 Å². The van der Waals surface area contributed by atoms with Crippen molar-refractivity contribution in [1.82, 2.24) is 5.32 Å². The molecule has 0 spiro atoms. The second-order valence-electron chi connectivity index (χ2n) is 19.0. The van der Waals surface area contributed by atoms with Crippen LogP contribution in [-0.4, -0.2) is 193 Å². The third-order valence-corrected chi connectivity index (χ3v) is 13.2. The maximum atomic E-state index is 13.2. The van der Waals surface area contributed by atoms with Gasteiger partial charge in [0.05, 0.1) is 38.6 Å². The Balaban J connectivity index is 1.57. The molecular weight excluding hydrogens is 903 g/mol. The van der Waals surface area contributed by atoms with Crippen LogP contribution >= 0.6 is 0 Å². The predicted octanol–water partition coefficient (Wildman–Crippen LogP) is 2.03. The number of aliphatic hydroxyl groups is 11. The first-order valence-corrected chi connectivity index (χ1v) is 26.1. The van der Waals surface area contributed by atoms with Gasteiger partial charge in [0.25, 0.3) is 0 Å². The summed E-state index contributed by atoms with van der Waals surface area (Å²) in [6.07, 6.45) is 4.70. The summed E-state index contributed by atoms with van der Waals surface area (Å²) in [6.45, 7) is 1.64. The van der Waals surface area contributed by atoms with E-state index in [0.29, 0.717) is 6.42 Å². The number of carbonyl (C=O) groups is 1. The van der Waals surface area contributed by atoms with Crippen molar-refractivity contribution in [1.29, 1.82) is 0 Å². The standard InChI is InChI=1S/C50H91NO18/c1-3-5-7-9-11-13-15-16-18-20-22-24-26-28-38(56)51-33(34(55)27-25-23-21-19-17-14-12-10-8-6-4-2)32-64-48-44(62)41(59)46(36(30-53)66-48)69-50-45(63)42(60)47(37(31-54)67-50)68-49-43(61)40(58)39(57)35(29-52)65-49/h13,15,25,27,33-37,39-50,52-55,57-63H,3-12,14,16-24,26,28-32H2,1-2H3,(H,51,56)/b15-13-,27-25+. The summed E-state index contributed by atoms with van der Waals surface area (Å²) in [5.74, 6) is -0.289. The van der Waals surface area contributed by atoms with E-state index in [1.54, 1.807) is 6.08 Å². The molecular formula is C50H91NO18. The SMILES string of the molecule is CCCCCC/C=C\CCCCCCCC(=O)NC(COC1OC(CO)C(OC2OC(CO)C(OC3OC(CO)C(O)C(O)C3O)C(O)C2O)C(O)C1O)C(O)/C=C/CCCCCCCCCCC. The smallest absolute Gasteiger partial charge is 0.220 e. The van der Waals surface area contributed by atoms with Gasteiger partial charge in [-0.1, -0.05) is 128 Å². The lowest BCUT2D eigenvalue weighted by Crippen LogP contribution is -2.66. The second kappa shape index (κ2) is 35.4. The maximum absolute atomic E-state index is 13.2. The van der Waals surface area contributed by atoms with Crippen LogP contribution < -0.4 is 5.32 Å². The highest BCUT2D eigenvalue weighted by Gasteiger charge is 2.53. The van der Waals surface area contributed by atoms with E-state index in [2.05, 4.69) is 31.3 Å². The number of ether oxygens (including phenoxy) is 6. The normalized spacial score (nSPS) is 33.0. The average Bonchev–Trinajstić information content (AvgIpc) is 3.34. The molecule has 17 atom stereocenters. The fourth-order valence-electron chi connectivity index (χ4n) is 8.83. The number of hydrogen-bond acceptors (Lipinski definition) is 18. The number of unbranched alkanes of at least 4 members (excludes halogenated alkanes) is 18. The summed E-state index contributed by atoms with van der Waals surface area (Å²) in [7, 11) is 0. The largest absolute Gasteiger partial charge is 0.394 e. The minimum Gasteiger partial charge on any atom is -0.394 e. The quantitative estimate of drug-likeness (QED) is 0.0316. The molecule has 0 aromatic heterocycles. The van der Waals surface area contributed by atoms with Gasteiger partial charge in [-0.15, -0.1) is 0 Å². The van der Waals surface area contributed by atoms with Crippen LogP contribution in [0.3, 0.4) is 0 Å². The van der Waals surface area contributed by atoms with Gasteiger partial charge >= 0.3 is 0 Å². The van der Waals surface area contributed by atoms with Gasteiger partial charge in [-0.05, 0) is 44.9 Å². The first-order valence-electron chi connectivity index (χ1n) is 26.1. The zero-order chi connectivity index (χ0) is 50.6. The van der Waals surface area contributed by atoms with Crippen LogP contribution in [0.15, 0.2) is 24.3 Å². The Morgan fingerprint density at radius 1 is 0.507 bits per heavy atom. The van der Waals surface area contributed by atoms with Gasteiger partial charge in [-0.25, -0.2) is 0 Å². The molecule has 19 heteroatoms. The molecule has 404 valence electrons.